The van der Waals surface area contributed by atoms with Gasteiger partial charge >= 0.3 is 0 Å². The topological polar surface area (TPSA) is 56.2 Å². The minimum atomic E-state index is -0.120. The number of amides is 1. The number of hydrogen-bond acceptors (Lipinski definition) is 3. The van der Waals surface area contributed by atoms with Gasteiger partial charge in [-0.1, -0.05) is 30.3 Å². The number of hydrogen-bond donors (Lipinski definition) is 1. The Balaban J connectivity index is 1.32. The molecule has 1 atom stereocenters. The first kappa shape index (κ1) is 20.4. The van der Waals surface area contributed by atoms with E-state index in [0.29, 0.717) is 13.0 Å². The third kappa shape index (κ3) is 5.60. The maximum Gasteiger partial charge on any atom is 0.224 e. The van der Waals surface area contributed by atoms with Crippen LogP contribution in [0.2, 0.25) is 0 Å². The largest absolute Gasteiger partial charge is 0.487 e. The molecule has 4 rings (SSSR count). The van der Waals surface area contributed by atoms with Crippen LogP contribution < -0.4 is 10.1 Å². The van der Waals surface area contributed by atoms with E-state index < -0.39 is 0 Å². The standard InChI is InChI=1S/C26H25N3O2/c1-20(22-7-6-9-25(18-22)31-19-23-8-2-3-14-27-23)28-26(30)17-21-10-12-24(13-11-21)29-15-4-5-16-29/h2-16,18,20H,17,19H2,1H3,(H,28,30). The van der Waals surface area contributed by atoms with Gasteiger partial charge in [0.1, 0.15) is 12.4 Å². The van der Waals surface area contributed by atoms with Crippen molar-refractivity contribution in [2.45, 2.75) is 26.0 Å². The van der Waals surface area contributed by atoms with Gasteiger partial charge in [0.15, 0.2) is 0 Å². The fourth-order valence-corrected chi connectivity index (χ4v) is 3.37. The van der Waals surface area contributed by atoms with Gasteiger partial charge in [0.25, 0.3) is 0 Å². The van der Waals surface area contributed by atoms with Crippen molar-refractivity contribution in [3.05, 3.63) is 114 Å². The molecule has 2 aromatic heterocycles. The van der Waals surface area contributed by atoms with Crippen molar-refractivity contribution in [1.82, 2.24) is 14.9 Å². The molecule has 0 bridgehead atoms. The smallest absolute Gasteiger partial charge is 0.224 e. The van der Waals surface area contributed by atoms with Crippen molar-refractivity contribution in [2.75, 3.05) is 0 Å². The van der Waals surface area contributed by atoms with Gasteiger partial charge < -0.3 is 14.6 Å². The van der Waals surface area contributed by atoms with E-state index in [4.69, 9.17) is 4.74 Å². The van der Waals surface area contributed by atoms with Crippen LogP contribution in [-0.4, -0.2) is 15.5 Å². The Morgan fingerprint density at radius 1 is 1.00 bits per heavy atom. The lowest BCUT2D eigenvalue weighted by Gasteiger charge is -2.16. The molecule has 0 radical (unpaired) electrons. The van der Waals surface area contributed by atoms with E-state index in [0.717, 1.165) is 28.3 Å². The summed E-state index contributed by atoms with van der Waals surface area (Å²) in [5.74, 6) is 0.742. The highest BCUT2D eigenvalue weighted by molar-refractivity contribution is 5.79. The van der Waals surface area contributed by atoms with E-state index in [9.17, 15) is 4.79 Å². The molecule has 1 amide bonds. The normalized spacial score (nSPS) is 11.6. The first-order valence-electron chi connectivity index (χ1n) is 10.3. The fraction of sp³-hybridized carbons (Fsp3) is 0.154. The number of carbonyl (C=O) groups excluding carboxylic acids is 1. The molecule has 2 aromatic carbocycles. The number of nitrogens with one attached hydrogen (secondary N) is 1. The van der Waals surface area contributed by atoms with Gasteiger partial charge in [-0.25, -0.2) is 0 Å². The van der Waals surface area contributed by atoms with E-state index in [1.807, 2.05) is 103 Å². The Kier molecular flexibility index (Phi) is 6.43. The SMILES string of the molecule is CC(NC(=O)Cc1ccc(-n2cccc2)cc1)c1cccc(OCc2ccccn2)c1. The molecule has 156 valence electrons. The summed E-state index contributed by atoms with van der Waals surface area (Å²) >= 11 is 0. The maximum atomic E-state index is 12.5. The molecule has 31 heavy (non-hydrogen) atoms. The number of ether oxygens (including phenoxy) is 1. The van der Waals surface area contributed by atoms with Crippen LogP contribution in [-0.2, 0) is 17.8 Å². The van der Waals surface area contributed by atoms with Crippen molar-refractivity contribution in [2.24, 2.45) is 0 Å². The second-order valence-electron chi connectivity index (χ2n) is 7.40. The number of rotatable bonds is 8. The van der Waals surface area contributed by atoms with Crippen molar-refractivity contribution in [1.29, 1.82) is 0 Å². The van der Waals surface area contributed by atoms with Gasteiger partial charge in [-0.3, -0.25) is 9.78 Å². The number of aromatic nitrogens is 2. The van der Waals surface area contributed by atoms with Crippen LogP contribution in [0.4, 0.5) is 0 Å². The second kappa shape index (κ2) is 9.76. The number of nitrogens with zero attached hydrogens (tertiary/aromatic N) is 2. The molecule has 0 aliphatic heterocycles. The lowest BCUT2D eigenvalue weighted by molar-refractivity contribution is -0.121. The Hall–Kier alpha value is -3.86. The first-order chi connectivity index (χ1) is 15.2. The van der Waals surface area contributed by atoms with Gasteiger partial charge in [0.2, 0.25) is 5.91 Å². The predicted octanol–water partition coefficient (Wildman–Crippen LogP) is 4.87. The van der Waals surface area contributed by atoms with Crippen molar-refractivity contribution in [3.63, 3.8) is 0 Å². The molecule has 5 nitrogen and oxygen atoms in total. The molecule has 0 spiro atoms. The van der Waals surface area contributed by atoms with Gasteiger partial charge in [-0.05, 0) is 66.6 Å². The summed E-state index contributed by atoms with van der Waals surface area (Å²) in [6.07, 6.45) is 6.09. The highest BCUT2D eigenvalue weighted by atomic mass is 16.5. The van der Waals surface area contributed by atoms with Crippen LogP contribution in [0.1, 0.15) is 29.8 Å². The lowest BCUT2D eigenvalue weighted by atomic mass is 10.1. The molecule has 1 N–H and O–H groups in total. The summed E-state index contributed by atoms with van der Waals surface area (Å²) < 4.78 is 7.88. The summed E-state index contributed by atoms with van der Waals surface area (Å²) in [7, 11) is 0. The summed E-state index contributed by atoms with van der Waals surface area (Å²) in [6.45, 7) is 2.38. The summed E-state index contributed by atoms with van der Waals surface area (Å²) in [5.41, 5.74) is 3.92. The average Bonchev–Trinajstić information content (AvgIpc) is 3.34. The highest BCUT2D eigenvalue weighted by Gasteiger charge is 2.11. The Bertz CT molecular complexity index is 1110. The fourth-order valence-electron chi connectivity index (χ4n) is 3.37. The van der Waals surface area contributed by atoms with Crippen molar-refractivity contribution < 1.29 is 9.53 Å². The quantitative estimate of drug-likeness (QED) is 0.450. The molecule has 4 aromatic rings. The predicted molar refractivity (Wildman–Crippen MR) is 121 cm³/mol. The van der Waals surface area contributed by atoms with Crippen LogP contribution in [0.25, 0.3) is 5.69 Å². The first-order valence-corrected chi connectivity index (χ1v) is 10.3. The van der Waals surface area contributed by atoms with Gasteiger partial charge in [-0.2, -0.15) is 0 Å². The Labute approximate surface area is 182 Å². The van der Waals surface area contributed by atoms with Crippen LogP contribution in [0.5, 0.6) is 5.75 Å². The van der Waals surface area contributed by atoms with Crippen LogP contribution >= 0.6 is 0 Å². The van der Waals surface area contributed by atoms with Gasteiger partial charge in [0.05, 0.1) is 18.2 Å². The zero-order valence-electron chi connectivity index (χ0n) is 17.4. The Morgan fingerprint density at radius 3 is 2.55 bits per heavy atom. The molecule has 2 heterocycles. The van der Waals surface area contributed by atoms with Gasteiger partial charge in [0, 0.05) is 24.3 Å². The minimum absolute atomic E-state index is 0.0129. The number of pyridine rings is 1. The third-order valence-electron chi connectivity index (χ3n) is 5.05. The second-order valence-corrected chi connectivity index (χ2v) is 7.40. The molecular weight excluding hydrogens is 386 g/mol. The molecule has 0 fully saturated rings. The molecule has 1 unspecified atom stereocenters. The zero-order valence-corrected chi connectivity index (χ0v) is 17.4. The lowest BCUT2D eigenvalue weighted by Crippen LogP contribution is -2.28. The van der Waals surface area contributed by atoms with E-state index in [1.54, 1.807) is 6.20 Å². The zero-order chi connectivity index (χ0) is 21.5. The summed E-state index contributed by atoms with van der Waals surface area (Å²) in [5, 5.41) is 3.08. The summed E-state index contributed by atoms with van der Waals surface area (Å²) in [6, 6.07) is 25.4. The van der Waals surface area contributed by atoms with Crippen LogP contribution in [0.3, 0.4) is 0 Å². The van der Waals surface area contributed by atoms with Crippen molar-refractivity contribution >= 4 is 5.91 Å². The molecular formula is C26H25N3O2. The van der Waals surface area contributed by atoms with E-state index in [-0.39, 0.29) is 11.9 Å². The molecule has 0 saturated carbocycles. The third-order valence-corrected chi connectivity index (χ3v) is 5.05. The average molecular weight is 412 g/mol. The molecule has 0 aliphatic rings. The Morgan fingerprint density at radius 2 is 1.81 bits per heavy atom. The molecule has 0 saturated heterocycles. The van der Waals surface area contributed by atoms with E-state index >= 15 is 0 Å². The van der Waals surface area contributed by atoms with Gasteiger partial charge in [-0.15, -0.1) is 0 Å². The number of benzene rings is 2. The van der Waals surface area contributed by atoms with Crippen molar-refractivity contribution in [3.8, 4) is 11.4 Å². The maximum absolute atomic E-state index is 12.5. The van der Waals surface area contributed by atoms with E-state index in [1.165, 1.54) is 0 Å². The number of carbonyl (C=O) groups is 1. The molecule has 0 aliphatic carbocycles. The van der Waals surface area contributed by atoms with Crippen LogP contribution in [0.15, 0.2) is 97.5 Å². The molecule has 5 heteroatoms. The highest BCUT2D eigenvalue weighted by Crippen LogP contribution is 2.20. The minimum Gasteiger partial charge on any atom is -0.487 e. The van der Waals surface area contributed by atoms with E-state index in [2.05, 4.69) is 10.3 Å². The van der Waals surface area contributed by atoms with Crippen LogP contribution in [0, 0.1) is 0 Å². The monoisotopic (exact) mass is 411 g/mol. The summed E-state index contributed by atoms with van der Waals surface area (Å²) in [4.78, 5) is 16.8.